The highest BCUT2D eigenvalue weighted by Gasteiger charge is 2.28. The third-order valence-electron chi connectivity index (χ3n) is 3.21. The number of halogens is 1. The number of carbonyl (C=O) groups is 1. The maximum Gasteiger partial charge on any atom is 0.294 e. The normalized spacial score (nSPS) is 18.1. The quantitative estimate of drug-likeness (QED) is 0.651. The summed E-state index contributed by atoms with van der Waals surface area (Å²) in [5, 5.41) is 23.2. The third kappa shape index (κ3) is 2.68. The van der Waals surface area contributed by atoms with Crippen LogP contribution < -0.4 is 5.32 Å². The van der Waals surface area contributed by atoms with Gasteiger partial charge in [0.25, 0.3) is 11.6 Å². The van der Waals surface area contributed by atoms with Gasteiger partial charge in [0.05, 0.1) is 16.0 Å². The van der Waals surface area contributed by atoms with Crippen molar-refractivity contribution in [2.45, 2.75) is 12.5 Å². The highest BCUT2D eigenvalue weighted by atomic mass is 35.5. The highest BCUT2D eigenvalue weighted by Crippen LogP contribution is 2.34. The van der Waals surface area contributed by atoms with Gasteiger partial charge < -0.3 is 15.3 Å². The second-order valence-corrected chi connectivity index (χ2v) is 4.96. The van der Waals surface area contributed by atoms with Gasteiger partial charge in [0, 0.05) is 31.8 Å². The maximum atomic E-state index is 12.2. The van der Waals surface area contributed by atoms with Gasteiger partial charge >= 0.3 is 0 Å². The Morgan fingerprint density at radius 3 is 2.80 bits per heavy atom. The first-order chi connectivity index (χ1) is 9.43. The van der Waals surface area contributed by atoms with Crippen molar-refractivity contribution < 1.29 is 14.8 Å². The number of aliphatic hydroxyl groups is 1. The van der Waals surface area contributed by atoms with Crippen molar-refractivity contribution in [3.05, 3.63) is 32.8 Å². The second kappa shape index (κ2) is 5.64. The number of amides is 1. The molecule has 1 aliphatic heterocycles. The Hall–Kier alpha value is -1.86. The molecule has 1 amide bonds. The zero-order chi connectivity index (χ0) is 14.9. The van der Waals surface area contributed by atoms with Crippen LogP contribution in [-0.2, 0) is 0 Å². The van der Waals surface area contributed by atoms with Gasteiger partial charge in [-0.05, 0) is 12.5 Å². The van der Waals surface area contributed by atoms with E-state index in [9.17, 15) is 20.0 Å². The van der Waals surface area contributed by atoms with Crippen LogP contribution in [0.1, 0.15) is 16.8 Å². The first-order valence-corrected chi connectivity index (χ1v) is 6.45. The number of nitrogens with one attached hydrogen (secondary N) is 1. The molecule has 7 nitrogen and oxygen atoms in total. The van der Waals surface area contributed by atoms with E-state index in [4.69, 9.17) is 11.6 Å². The van der Waals surface area contributed by atoms with E-state index in [1.807, 2.05) is 0 Å². The number of nitro benzene ring substituents is 1. The zero-order valence-corrected chi connectivity index (χ0v) is 11.6. The summed E-state index contributed by atoms with van der Waals surface area (Å²) in [5.74, 6) is -0.366. The fourth-order valence-electron chi connectivity index (χ4n) is 2.22. The number of nitro groups is 1. The van der Waals surface area contributed by atoms with Crippen molar-refractivity contribution in [2.75, 3.05) is 25.5 Å². The van der Waals surface area contributed by atoms with Crippen LogP contribution in [0.5, 0.6) is 0 Å². The lowest BCUT2D eigenvalue weighted by Gasteiger charge is -2.16. The van der Waals surface area contributed by atoms with Crippen LogP contribution in [-0.4, -0.2) is 47.1 Å². The van der Waals surface area contributed by atoms with E-state index >= 15 is 0 Å². The van der Waals surface area contributed by atoms with Gasteiger partial charge in [-0.25, -0.2) is 0 Å². The predicted octanol–water partition coefficient (Wildman–Crippen LogP) is 1.50. The molecule has 1 atom stereocenters. The number of hydrogen-bond donors (Lipinski definition) is 2. The van der Waals surface area contributed by atoms with Crippen LogP contribution in [0.4, 0.5) is 11.4 Å². The summed E-state index contributed by atoms with van der Waals surface area (Å²) in [4.78, 5) is 24.1. The molecule has 1 aliphatic rings. The Morgan fingerprint density at radius 1 is 1.60 bits per heavy atom. The lowest BCUT2D eigenvalue weighted by molar-refractivity contribution is -0.384. The Balaban J connectivity index is 2.37. The van der Waals surface area contributed by atoms with Crippen molar-refractivity contribution in [3.63, 3.8) is 0 Å². The summed E-state index contributed by atoms with van der Waals surface area (Å²) in [5.41, 5.74) is 0.0765. The lowest BCUT2D eigenvalue weighted by atomic mass is 10.1. The molecule has 1 saturated heterocycles. The number of nitrogens with zero attached hydrogens (tertiary/aromatic N) is 2. The number of hydrogen-bond acceptors (Lipinski definition) is 5. The van der Waals surface area contributed by atoms with Crippen molar-refractivity contribution in [2.24, 2.45) is 0 Å². The Labute approximate surface area is 120 Å². The number of likely N-dealkylation sites (tertiary alicyclic amines) is 1. The van der Waals surface area contributed by atoms with Gasteiger partial charge in [0.1, 0.15) is 5.69 Å². The molecule has 0 spiro atoms. The van der Waals surface area contributed by atoms with Crippen LogP contribution >= 0.6 is 11.6 Å². The largest absolute Gasteiger partial charge is 0.391 e. The monoisotopic (exact) mass is 299 g/mol. The molecule has 20 heavy (non-hydrogen) atoms. The van der Waals surface area contributed by atoms with Gasteiger partial charge in [-0.1, -0.05) is 11.6 Å². The van der Waals surface area contributed by atoms with Crippen molar-refractivity contribution in [1.29, 1.82) is 0 Å². The number of aliphatic hydroxyl groups excluding tert-OH is 1. The lowest BCUT2D eigenvalue weighted by Crippen LogP contribution is -2.29. The van der Waals surface area contributed by atoms with E-state index in [-0.39, 0.29) is 34.4 Å². The molecule has 1 unspecified atom stereocenters. The van der Waals surface area contributed by atoms with Gasteiger partial charge in [-0.2, -0.15) is 0 Å². The van der Waals surface area contributed by atoms with Crippen molar-refractivity contribution in [1.82, 2.24) is 4.90 Å². The van der Waals surface area contributed by atoms with Gasteiger partial charge in [0.15, 0.2) is 0 Å². The second-order valence-electron chi connectivity index (χ2n) is 4.55. The number of carbonyl (C=O) groups excluding carboxylic acids is 1. The molecule has 8 heteroatoms. The minimum absolute atomic E-state index is 0.116. The van der Waals surface area contributed by atoms with Gasteiger partial charge in [-0.15, -0.1) is 0 Å². The molecule has 0 saturated carbocycles. The maximum absolute atomic E-state index is 12.2. The average Bonchev–Trinajstić information content (AvgIpc) is 2.83. The van der Waals surface area contributed by atoms with Crippen LogP contribution in [0.25, 0.3) is 0 Å². The molecule has 1 heterocycles. The summed E-state index contributed by atoms with van der Waals surface area (Å²) in [7, 11) is 1.52. The summed E-state index contributed by atoms with van der Waals surface area (Å²) >= 11 is 5.97. The predicted molar refractivity (Wildman–Crippen MR) is 74.2 cm³/mol. The Kier molecular flexibility index (Phi) is 4.10. The molecule has 2 N–H and O–H groups in total. The molecule has 1 aromatic rings. The minimum atomic E-state index is -0.590. The summed E-state index contributed by atoms with van der Waals surface area (Å²) < 4.78 is 0. The molecule has 0 aliphatic carbocycles. The zero-order valence-electron chi connectivity index (χ0n) is 10.8. The Bertz CT molecular complexity index is 564. The number of anilines is 1. The first kappa shape index (κ1) is 14.5. The topological polar surface area (TPSA) is 95.7 Å². The van der Waals surface area contributed by atoms with Gasteiger partial charge in [-0.3, -0.25) is 14.9 Å². The molecule has 1 aromatic carbocycles. The van der Waals surface area contributed by atoms with E-state index in [0.29, 0.717) is 13.0 Å². The molecular formula is C12H14ClN3O4. The van der Waals surface area contributed by atoms with Crippen LogP contribution in [0.3, 0.4) is 0 Å². The number of rotatable bonds is 3. The molecule has 0 aromatic heterocycles. The Morgan fingerprint density at radius 2 is 2.30 bits per heavy atom. The van der Waals surface area contributed by atoms with Crippen LogP contribution in [0.2, 0.25) is 5.02 Å². The summed E-state index contributed by atoms with van der Waals surface area (Å²) in [6.07, 6.45) is -0.0307. The van der Waals surface area contributed by atoms with E-state index < -0.39 is 11.0 Å². The molecule has 0 bridgehead atoms. The van der Waals surface area contributed by atoms with Gasteiger partial charge in [0.2, 0.25) is 0 Å². The van der Waals surface area contributed by atoms with Crippen LogP contribution in [0.15, 0.2) is 12.1 Å². The standard InChI is InChI=1S/C12H14ClN3O4/c1-14-11-9(13)4-7(5-10(11)16(19)20)12(18)15-3-2-8(17)6-15/h4-5,8,14,17H,2-3,6H2,1H3. The summed E-state index contributed by atoms with van der Waals surface area (Å²) in [6.45, 7) is 0.664. The van der Waals surface area contributed by atoms with Crippen LogP contribution in [0, 0.1) is 10.1 Å². The average molecular weight is 300 g/mol. The highest BCUT2D eigenvalue weighted by molar-refractivity contribution is 6.34. The van der Waals surface area contributed by atoms with E-state index in [1.54, 1.807) is 0 Å². The van der Waals surface area contributed by atoms with Crippen molar-refractivity contribution in [3.8, 4) is 0 Å². The molecule has 1 fully saturated rings. The fraction of sp³-hybridized carbons (Fsp3) is 0.417. The number of benzene rings is 1. The molecule has 2 rings (SSSR count). The van der Waals surface area contributed by atoms with Crippen molar-refractivity contribution >= 4 is 28.9 Å². The SMILES string of the molecule is CNc1c(Cl)cc(C(=O)N2CCC(O)C2)cc1[N+](=O)[O-]. The molecular weight excluding hydrogens is 286 g/mol. The smallest absolute Gasteiger partial charge is 0.294 e. The first-order valence-electron chi connectivity index (χ1n) is 6.07. The van der Waals surface area contributed by atoms with E-state index in [1.165, 1.54) is 24.1 Å². The van der Waals surface area contributed by atoms with E-state index in [2.05, 4.69) is 5.32 Å². The molecule has 0 radical (unpaired) electrons. The number of β-amino-alcohol motifs (C(OH)–C–C–N with tert-alkyl or cyclic N) is 1. The fourth-order valence-corrected chi connectivity index (χ4v) is 2.52. The third-order valence-corrected chi connectivity index (χ3v) is 3.51. The summed E-state index contributed by atoms with van der Waals surface area (Å²) in [6, 6.07) is 2.60. The minimum Gasteiger partial charge on any atom is -0.391 e. The van der Waals surface area contributed by atoms with E-state index in [0.717, 1.165) is 0 Å². The molecule has 108 valence electrons.